The van der Waals surface area contributed by atoms with Crippen molar-refractivity contribution in [3.63, 3.8) is 0 Å². The van der Waals surface area contributed by atoms with E-state index in [4.69, 9.17) is 10.5 Å². The predicted molar refractivity (Wildman–Crippen MR) is 84.3 cm³/mol. The average Bonchev–Trinajstić information content (AvgIpc) is 2.63. The summed E-state index contributed by atoms with van der Waals surface area (Å²) in [5, 5.41) is 2.70. The highest BCUT2D eigenvalue weighted by Crippen LogP contribution is 2.22. The fourth-order valence-corrected chi connectivity index (χ4v) is 2.11. The minimum Gasteiger partial charge on any atom is -0.444 e. The molecule has 2 aromatic rings. The average molecular weight is 290 g/mol. The van der Waals surface area contributed by atoms with Gasteiger partial charge >= 0.3 is 6.09 Å². The maximum atomic E-state index is 11.8. The first-order valence-corrected chi connectivity index (χ1v) is 7.06. The Hall–Kier alpha value is -2.24. The molecule has 0 fully saturated rings. The van der Waals surface area contributed by atoms with Gasteiger partial charge in [-0.1, -0.05) is 6.92 Å². The molecule has 21 heavy (non-hydrogen) atoms. The SMILES string of the molecule is CCCn1c(N)nc2cc(NC(=O)OC(C)(C)C)ccc21. The van der Waals surface area contributed by atoms with Gasteiger partial charge in [-0.05, 0) is 45.4 Å². The number of nitrogen functional groups attached to an aromatic ring is 1. The molecular weight excluding hydrogens is 268 g/mol. The van der Waals surface area contributed by atoms with E-state index in [2.05, 4.69) is 17.2 Å². The number of carbonyl (C=O) groups is 1. The molecule has 0 unspecified atom stereocenters. The Kier molecular flexibility index (Phi) is 4.06. The molecule has 6 heteroatoms. The fraction of sp³-hybridized carbons (Fsp3) is 0.467. The van der Waals surface area contributed by atoms with Gasteiger partial charge in [-0.2, -0.15) is 0 Å². The van der Waals surface area contributed by atoms with Crippen LogP contribution in [0.15, 0.2) is 18.2 Å². The van der Waals surface area contributed by atoms with Crippen LogP contribution in [0, 0.1) is 0 Å². The summed E-state index contributed by atoms with van der Waals surface area (Å²) in [5.74, 6) is 0.487. The molecule has 0 radical (unpaired) electrons. The third kappa shape index (κ3) is 3.65. The predicted octanol–water partition coefficient (Wildman–Crippen LogP) is 3.38. The van der Waals surface area contributed by atoms with E-state index in [1.54, 1.807) is 6.07 Å². The van der Waals surface area contributed by atoms with Crippen molar-refractivity contribution in [3.8, 4) is 0 Å². The van der Waals surface area contributed by atoms with Gasteiger partial charge in [-0.25, -0.2) is 9.78 Å². The number of aryl methyl sites for hydroxylation is 1. The van der Waals surface area contributed by atoms with E-state index in [9.17, 15) is 4.79 Å². The van der Waals surface area contributed by atoms with Gasteiger partial charge in [-0.15, -0.1) is 0 Å². The molecule has 1 amide bonds. The number of hydrogen-bond acceptors (Lipinski definition) is 4. The highest BCUT2D eigenvalue weighted by atomic mass is 16.6. The molecule has 0 aliphatic rings. The lowest BCUT2D eigenvalue weighted by Gasteiger charge is -2.19. The number of carbonyl (C=O) groups excluding carboxylic acids is 1. The second kappa shape index (κ2) is 5.63. The van der Waals surface area contributed by atoms with Crippen LogP contribution in [0.2, 0.25) is 0 Å². The molecule has 3 N–H and O–H groups in total. The first kappa shape index (κ1) is 15.2. The molecular formula is C15H22N4O2. The molecule has 1 heterocycles. The Labute approximate surface area is 124 Å². The number of hydrogen-bond donors (Lipinski definition) is 2. The van der Waals surface area contributed by atoms with Gasteiger partial charge in [0.1, 0.15) is 5.60 Å². The number of ether oxygens (including phenoxy) is 1. The zero-order valence-electron chi connectivity index (χ0n) is 12.9. The van der Waals surface area contributed by atoms with Crippen LogP contribution in [-0.2, 0) is 11.3 Å². The van der Waals surface area contributed by atoms with E-state index >= 15 is 0 Å². The standard InChI is InChI=1S/C15H22N4O2/c1-5-8-19-12-7-6-10(9-11(12)18-13(19)16)17-14(20)21-15(2,3)4/h6-7,9H,5,8H2,1-4H3,(H2,16,18)(H,17,20). The molecule has 0 bridgehead atoms. The Balaban J connectivity index is 2.22. The van der Waals surface area contributed by atoms with Crippen molar-refractivity contribution >= 4 is 28.8 Å². The van der Waals surface area contributed by atoms with Crippen LogP contribution in [0.25, 0.3) is 11.0 Å². The third-order valence-electron chi connectivity index (χ3n) is 2.87. The number of nitrogens with two attached hydrogens (primary N) is 1. The molecule has 0 saturated carbocycles. The number of rotatable bonds is 3. The summed E-state index contributed by atoms with van der Waals surface area (Å²) in [6.45, 7) is 8.37. The summed E-state index contributed by atoms with van der Waals surface area (Å²) >= 11 is 0. The van der Waals surface area contributed by atoms with Crippen LogP contribution in [0.1, 0.15) is 34.1 Å². The second-order valence-electron chi connectivity index (χ2n) is 5.95. The van der Waals surface area contributed by atoms with Crippen LogP contribution in [-0.4, -0.2) is 21.2 Å². The van der Waals surface area contributed by atoms with Gasteiger partial charge in [0.15, 0.2) is 0 Å². The Morgan fingerprint density at radius 3 is 2.76 bits per heavy atom. The monoisotopic (exact) mass is 290 g/mol. The number of benzene rings is 1. The summed E-state index contributed by atoms with van der Waals surface area (Å²) in [7, 11) is 0. The first-order valence-electron chi connectivity index (χ1n) is 7.06. The third-order valence-corrected chi connectivity index (χ3v) is 2.87. The lowest BCUT2D eigenvalue weighted by molar-refractivity contribution is 0.0636. The van der Waals surface area contributed by atoms with Crippen LogP contribution < -0.4 is 11.1 Å². The van der Waals surface area contributed by atoms with Crippen molar-refractivity contribution in [2.24, 2.45) is 0 Å². The van der Waals surface area contributed by atoms with E-state index in [0.717, 1.165) is 24.0 Å². The molecule has 2 rings (SSSR count). The van der Waals surface area contributed by atoms with Crippen molar-refractivity contribution in [2.75, 3.05) is 11.1 Å². The number of nitrogens with zero attached hydrogens (tertiary/aromatic N) is 2. The van der Waals surface area contributed by atoms with Crippen LogP contribution in [0.4, 0.5) is 16.4 Å². The van der Waals surface area contributed by atoms with Crippen molar-refractivity contribution in [2.45, 2.75) is 46.3 Å². The van der Waals surface area contributed by atoms with E-state index in [1.165, 1.54) is 0 Å². The number of imidazole rings is 1. The highest BCUT2D eigenvalue weighted by molar-refractivity contribution is 5.89. The van der Waals surface area contributed by atoms with Gasteiger partial charge in [0.25, 0.3) is 0 Å². The number of fused-ring (bicyclic) bond motifs is 1. The van der Waals surface area contributed by atoms with Crippen molar-refractivity contribution < 1.29 is 9.53 Å². The zero-order chi connectivity index (χ0) is 15.6. The molecule has 0 aliphatic carbocycles. The molecule has 0 aliphatic heterocycles. The normalized spacial score (nSPS) is 11.6. The largest absolute Gasteiger partial charge is 0.444 e. The topological polar surface area (TPSA) is 82.2 Å². The molecule has 0 atom stereocenters. The zero-order valence-corrected chi connectivity index (χ0v) is 12.9. The van der Waals surface area contributed by atoms with E-state index in [1.807, 2.05) is 37.5 Å². The molecule has 0 saturated heterocycles. The molecule has 1 aromatic carbocycles. The Morgan fingerprint density at radius 2 is 2.14 bits per heavy atom. The lowest BCUT2D eigenvalue weighted by Crippen LogP contribution is -2.27. The fourth-order valence-electron chi connectivity index (χ4n) is 2.11. The minimum atomic E-state index is -0.526. The number of aromatic nitrogens is 2. The molecule has 114 valence electrons. The summed E-state index contributed by atoms with van der Waals surface area (Å²) in [6, 6.07) is 5.52. The first-order chi connectivity index (χ1) is 9.80. The summed E-state index contributed by atoms with van der Waals surface area (Å²) in [4.78, 5) is 16.1. The van der Waals surface area contributed by atoms with Crippen molar-refractivity contribution in [1.82, 2.24) is 9.55 Å². The number of anilines is 2. The maximum absolute atomic E-state index is 11.8. The van der Waals surface area contributed by atoms with Crippen LogP contribution >= 0.6 is 0 Å². The van der Waals surface area contributed by atoms with Gasteiger partial charge in [-0.3, -0.25) is 5.32 Å². The molecule has 6 nitrogen and oxygen atoms in total. The van der Waals surface area contributed by atoms with Gasteiger partial charge < -0.3 is 15.0 Å². The number of nitrogens with one attached hydrogen (secondary N) is 1. The lowest BCUT2D eigenvalue weighted by atomic mass is 10.2. The van der Waals surface area contributed by atoms with Crippen LogP contribution in [0.3, 0.4) is 0 Å². The Morgan fingerprint density at radius 1 is 1.43 bits per heavy atom. The molecule has 1 aromatic heterocycles. The smallest absolute Gasteiger partial charge is 0.412 e. The van der Waals surface area contributed by atoms with E-state index < -0.39 is 11.7 Å². The van der Waals surface area contributed by atoms with Crippen LogP contribution in [0.5, 0.6) is 0 Å². The van der Waals surface area contributed by atoms with Gasteiger partial charge in [0.2, 0.25) is 5.95 Å². The van der Waals surface area contributed by atoms with E-state index in [0.29, 0.717) is 11.6 Å². The summed E-state index contributed by atoms with van der Waals surface area (Å²) in [6.07, 6.45) is 0.496. The molecule has 0 spiro atoms. The Bertz CT molecular complexity index is 655. The van der Waals surface area contributed by atoms with Crippen molar-refractivity contribution in [3.05, 3.63) is 18.2 Å². The van der Waals surface area contributed by atoms with Gasteiger partial charge in [0.05, 0.1) is 11.0 Å². The summed E-state index contributed by atoms with van der Waals surface area (Å²) in [5.41, 5.74) is 7.75. The summed E-state index contributed by atoms with van der Waals surface area (Å²) < 4.78 is 7.19. The van der Waals surface area contributed by atoms with E-state index in [-0.39, 0.29) is 0 Å². The highest BCUT2D eigenvalue weighted by Gasteiger charge is 2.16. The maximum Gasteiger partial charge on any atom is 0.412 e. The van der Waals surface area contributed by atoms with Crippen molar-refractivity contribution in [1.29, 1.82) is 0 Å². The number of amides is 1. The quantitative estimate of drug-likeness (QED) is 0.908. The minimum absolute atomic E-state index is 0.484. The second-order valence-corrected chi connectivity index (χ2v) is 5.95. The van der Waals surface area contributed by atoms with Gasteiger partial charge in [0, 0.05) is 12.2 Å².